The van der Waals surface area contributed by atoms with Crippen LogP contribution in [-0.2, 0) is 16.8 Å². The lowest BCUT2D eigenvalue weighted by Crippen LogP contribution is -2.47. The van der Waals surface area contributed by atoms with Gasteiger partial charge in [-0.25, -0.2) is 0 Å². The molecule has 1 aliphatic rings. The third-order valence-electron chi connectivity index (χ3n) is 5.18. The van der Waals surface area contributed by atoms with Crippen molar-refractivity contribution in [3.05, 3.63) is 70.4 Å². The average Bonchev–Trinajstić information content (AvgIpc) is 3.04. The Bertz CT molecular complexity index is 1080. The van der Waals surface area contributed by atoms with Crippen LogP contribution < -0.4 is 5.32 Å². The number of aromatic amines is 1. The van der Waals surface area contributed by atoms with E-state index in [2.05, 4.69) is 10.3 Å². The zero-order chi connectivity index (χ0) is 19.9. The minimum Gasteiger partial charge on any atom is -0.481 e. The lowest BCUT2D eigenvalue weighted by Gasteiger charge is -2.38. The lowest BCUT2D eigenvalue weighted by molar-refractivity contribution is -0.143. The molecule has 1 aromatic heterocycles. The molecule has 0 aliphatic heterocycles. The van der Waals surface area contributed by atoms with E-state index in [1.807, 2.05) is 12.1 Å². The van der Waals surface area contributed by atoms with Crippen molar-refractivity contribution < 1.29 is 19.8 Å². The van der Waals surface area contributed by atoms with Gasteiger partial charge in [0.1, 0.15) is 11.3 Å². The summed E-state index contributed by atoms with van der Waals surface area (Å²) in [6, 6.07) is 13.9. The van der Waals surface area contributed by atoms with Gasteiger partial charge in [-0.3, -0.25) is 9.59 Å². The first-order chi connectivity index (χ1) is 13.3. The molecule has 6 nitrogen and oxygen atoms in total. The second kappa shape index (κ2) is 6.96. The van der Waals surface area contributed by atoms with Gasteiger partial charge in [-0.05, 0) is 41.8 Å². The van der Waals surface area contributed by atoms with Crippen molar-refractivity contribution in [3.63, 3.8) is 0 Å². The number of amides is 1. The van der Waals surface area contributed by atoms with Crippen LogP contribution in [-0.4, -0.2) is 33.1 Å². The summed E-state index contributed by atoms with van der Waals surface area (Å²) < 4.78 is 0. The highest BCUT2D eigenvalue weighted by atomic mass is 35.5. The molecule has 0 radical (unpaired) electrons. The standard InChI is InChI=1S/C21H19ClN2O4/c22-14-5-6-17-13(7-14)9-18(24-17)20(27)23-15-8-12-3-1-2-4-16(12)21(28,10-15)11-19(25)26/h1-7,9,15,24,28H,8,10-11H2,(H,23,27)(H,25,26)/t15-,21-/m0/s1. The number of carbonyl (C=O) groups excluding carboxylic acids is 1. The summed E-state index contributed by atoms with van der Waals surface area (Å²) in [6.45, 7) is 0. The van der Waals surface area contributed by atoms with Gasteiger partial charge in [0.2, 0.25) is 0 Å². The normalized spacial score (nSPS) is 21.3. The molecule has 4 N–H and O–H groups in total. The van der Waals surface area contributed by atoms with Crippen LogP contribution in [0.5, 0.6) is 0 Å². The molecule has 4 rings (SSSR count). The maximum Gasteiger partial charge on any atom is 0.306 e. The molecule has 7 heteroatoms. The van der Waals surface area contributed by atoms with E-state index in [4.69, 9.17) is 11.6 Å². The van der Waals surface area contributed by atoms with Crippen LogP contribution in [0.2, 0.25) is 5.02 Å². The highest BCUT2D eigenvalue weighted by molar-refractivity contribution is 6.31. The Hall–Kier alpha value is -2.83. The predicted molar refractivity (Wildman–Crippen MR) is 105 cm³/mol. The number of carbonyl (C=O) groups is 2. The van der Waals surface area contributed by atoms with E-state index >= 15 is 0 Å². The Kier molecular flexibility index (Phi) is 4.61. The highest BCUT2D eigenvalue weighted by Gasteiger charge is 2.40. The van der Waals surface area contributed by atoms with Crippen molar-refractivity contribution in [3.8, 4) is 0 Å². The van der Waals surface area contributed by atoms with E-state index in [-0.39, 0.29) is 18.4 Å². The second-order valence-electron chi connectivity index (χ2n) is 7.25. The molecule has 0 bridgehead atoms. The number of hydrogen-bond acceptors (Lipinski definition) is 3. The number of aliphatic hydroxyl groups is 1. The van der Waals surface area contributed by atoms with Gasteiger partial charge in [-0.1, -0.05) is 35.9 Å². The fourth-order valence-corrected chi connectivity index (χ4v) is 4.20. The Morgan fingerprint density at radius 1 is 1.21 bits per heavy atom. The first kappa shape index (κ1) is 18.5. The molecule has 2 aromatic carbocycles. The largest absolute Gasteiger partial charge is 0.481 e. The summed E-state index contributed by atoms with van der Waals surface area (Å²) in [5.41, 5.74) is 1.12. The van der Waals surface area contributed by atoms with Crippen molar-refractivity contribution in [2.24, 2.45) is 0 Å². The van der Waals surface area contributed by atoms with Gasteiger partial charge in [-0.15, -0.1) is 0 Å². The smallest absolute Gasteiger partial charge is 0.306 e. The van der Waals surface area contributed by atoms with E-state index in [0.717, 1.165) is 16.5 Å². The molecule has 0 spiro atoms. The summed E-state index contributed by atoms with van der Waals surface area (Å²) in [4.78, 5) is 27.1. The van der Waals surface area contributed by atoms with Crippen LogP contribution in [0, 0.1) is 0 Å². The molecule has 2 atom stereocenters. The maximum atomic E-state index is 12.7. The van der Waals surface area contributed by atoms with Crippen molar-refractivity contribution in [2.45, 2.75) is 30.9 Å². The summed E-state index contributed by atoms with van der Waals surface area (Å²) in [7, 11) is 0. The molecule has 1 heterocycles. The van der Waals surface area contributed by atoms with Crippen LogP contribution >= 0.6 is 11.6 Å². The first-order valence-electron chi connectivity index (χ1n) is 8.96. The molecular weight excluding hydrogens is 380 g/mol. The maximum absolute atomic E-state index is 12.7. The number of aliphatic carboxylic acids is 1. The fourth-order valence-electron chi connectivity index (χ4n) is 4.02. The van der Waals surface area contributed by atoms with E-state index in [1.165, 1.54) is 0 Å². The van der Waals surface area contributed by atoms with E-state index in [1.54, 1.807) is 36.4 Å². The number of nitrogens with one attached hydrogen (secondary N) is 2. The van der Waals surface area contributed by atoms with Crippen LogP contribution in [0.25, 0.3) is 10.9 Å². The molecule has 0 saturated carbocycles. The van der Waals surface area contributed by atoms with Gasteiger partial charge in [0.25, 0.3) is 5.91 Å². The van der Waals surface area contributed by atoms with Crippen molar-refractivity contribution in [2.75, 3.05) is 0 Å². The predicted octanol–water partition coefficient (Wildman–Crippen LogP) is 3.23. The van der Waals surface area contributed by atoms with Crippen molar-refractivity contribution in [1.82, 2.24) is 10.3 Å². The number of hydrogen-bond donors (Lipinski definition) is 4. The van der Waals surface area contributed by atoms with Gasteiger partial charge in [-0.2, -0.15) is 0 Å². The number of carboxylic acids is 1. The monoisotopic (exact) mass is 398 g/mol. The van der Waals surface area contributed by atoms with Crippen molar-refractivity contribution in [1.29, 1.82) is 0 Å². The van der Waals surface area contributed by atoms with Gasteiger partial charge < -0.3 is 20.5 Å². The summed E-state index contributed by atoms with van der Waals surface area (Å²) in [5, 5.41) is 24.6. The molecule has 1 amide bonds. The molecule has 28 heavy (non-hydrogen) atoms. The lowest BCUT2D eigenvalue weighted by atomic mass is 9.75. The molecule has 3 aromatic rings. The number of rotatable bonds is 4. The van der Waals surface area contributed by atoms with Crippen LogP contribution in [0.4, 0.5) is 0 Å². The molecular formula is C21H19ClN2O4. The molecule has 0 fully saturated rings. The average molecular weight is 399 g/mol. The van der Waals surface area contributed by atoms with E-state index < -0.39 is 18.0 Å². The van der Waals surface area contributed by atoms with Gasteiger partial charge >= 0.3 is 5.97 Å². The summed E-state index contributed by atoms with van der Waals surface area (Å²) >= 11 is 5.99. The summed E-state index contributed by atoms with van der Waals surface area (Å²) in [5.74, 6) is -1.40. The number of halogens is 1. The highest BCUT2D eigenvalue weighted by Crippen LogP contribution is 2.38. The SMILES string of the molecule is O=C(O)C[C@@]1(O)C[C@@H](NC(=O)c2cc3cc(Cl)ccc3[nH]2)Cc2ccccc21. The molecule has 0 saturated heterocycles. The Balaban J connectivity index is 1.59. The Labute approximate surface area is 166 Å². The summed E-state index contributed by atoms with van der Waals surface area (Å²) in [6.07, 6.45) is 0.241. The van der Waals surface area contributed by atoms with E-state index in [9.17, 15) is 19.8 Å². The number of fused-ring (bicyclic) bond motifs is 2. The molecule has 1 aliphatic carbocycles. The third-order valence-corrected chi connectivity index (χ3v) is 5.41. The minimum atomic E-state index is -1.52. The number of benzene rings is 2. The third kappa shape index (κ3) is 3.48. The molecule has 144 valence electrons. The Morgan fingerprint density at radius 3 is 2.79 bits per heavy atom. The van der Waals surface area contributed by atoms with Crippen LogP contribution in [0.15, 0.2) is 48.5 Å². The van der Waals surface area contributed by atoms with E-state index in [0.29, 0.717) is 22.7 Å². The number of H-pyrrole nitrogens is 1. The van der Waals surface area contributed by atoms with Crippen LogP contribution in [0.1, 0.15) is 34.5 Å². The fraction of sp³-hybridized carbons (Fsp3) is 0.238. The Morgan fingerprint density at radius 2 is 2.00 bits per heavy atom. The number of carboxylic acid groups (broad SMARTS) is 1. The first-order valence-corrected chi connectivity index (χ1v) is 9.33. The van der Waals surface area contributed by atoms with Crippen molar-refractivity contribution >= 4 is 34.4 Å². The second-order valence-corrected chi connectivity index (χ2v) is 7.69. The zero-order valence-corrected chi connectivity index (χ0v) is 15.7. The minimum absolute atomic E-state index is 0.133. The van der Waals surface area contributed by atoms with Gasteiger partial charge in [0.05, 0.1) is 6.42 Å². The topological polar surface area (TPSA) is 102 Å². The number of aromatic nitrogens is 1. The quantitative estimate of drug-likeness (QED) is 0.541. The van der Waals surface area contributed by atoms with Gasteiger partial charge in [0.15, 0.2) is 0 Å². The molecule has 0 unspecified atom stereocenters. The van der Waals surface area contributed by atoms with Crippen LogP contribution in [0.3, 0.4) is 0 Å². The van der Waals surface area contributed by atoms with Gasteiger partial charge in [0, 0.05) is 28.4 Å². The zero-order valence-electron chi connectivity index (χ0n) is 14.9.